The molecule has 2 heterocycles. The number of hydrogen-bond donors (Lipinski definition) is 3. The number of rotatable bonds is 4. The van der Waals surface area contributed by atoms with E-state index in [1.807, 2.05) is 0 Å². The van der Waals surface area contributed by atoms with Gasteiger partial charge in [-0.15, -0.1) is 0 Å². The molecule has 130 valence electrons. The molecule has 6 nitrogen and oxygen atoms in total. The zero-order chi connectivity index (χ0) is 18.0. The van der Waals surface area contributed by atoms with Gasteiger partial charge in [-0.05, 0) is 30.7 Å². The first-order valence-electron chi connectivity index (χ1n) is 7.33. The van der Waals surface area contributed by atoms with Crippen molar-refractivity contribution in [3.63, 3.8) is 0 Å². The van der Waals surface area contributed by atoms with Crippen LogP contribution in [0.1, 0.15) is 39.0 Å². The van der Waals surface area contributed by atoms with Crippen LogP contribution in [0.3, 0.4) is 0 Å². The Labute approximate surface area is 140 Å². The topological polar surface area (TPSA) is 86.5 Å². The highest BCUT2D eigenvalue weighted by atomic mass is 19.4. The number of carbonyl (C=O) groups excluding carboxylic acids is 1. The van der Waals surface area contributed by atoms with Crippen molar-refractivity contribution in [3.8, 4) is 0 Å². The van der Waals surface area contributed by atoms with Gasteiger partial charge in [0.1, 0.15) is 12.4 Å². The minimum atomic E-state index is -4.48. The molecule has 3 rings (SSSR count). The summed E-state index contributed by atoms with van der Waals surface area (Å²) in [6.45, 7) is 1.72. The maximum absolute atomic E-state index is 13.0. The van der Waals surface area contributed by atoms with Crippen molar-refractivity contribution in [1.82, 2.24) is 25.5 Å². The molecule has 1 atom stereocenters. The Morgan fingerprint density at radius 3 is 2.68 bits per heavy atom. The SMILES string of the molecule is Cc1[nH]ccc1C(=O)N[C@H](c1cccc(C(F)(F)F)c1)c1ncn[nH]1. The molecule has 0 saturated carbocycles. The van der Waals surface area contributed by atoms with Crippen molar-refractivity contribution in [3.05, 3.63) is 71.1 Å². The number of amides is 1. The van der Waals surface area contributed by atoms with Gasteiger partial charge in [-0.1, -0.05) is 12.1 Å². The molecule has 1 amide bonds. The van der Waals surface area contributed by atoms with Gasteiger partial charge in [-0.2, -0.15) is 18.3 Å². The van der Waals surface area contributed by atoms with Crippen molar-refractivity contribution in [2.75, 3.05) is 0 Å². The second kappa shape index (κ2) is 6.42. The molecule has 0 aliphatic heterocycles. The molecule has 3 N–H and O–H groups in total. The van der Waals surface area contributed by atoms with Crippen LogP contribution < -0.4 is 5.32 Å². The number of aromatic nitrogens is 4. The second-order valence-corrected chi connectivity index (χ2v) is 5.42. The van der Waals surface area contributed by atoms with Gasteiger partial charge in [0.15, 0.2) is 5.82 Å². The van der Waals surface area contributed by atoms with E-state index in [1.54, 1.807) is 19.2 Å². The van der Waals surface area contributed by atoms with Crippen LogP contribution >= 0.6 is 0 Å². The van der Waals surface area contributed by atoms with Crippen LogP contribution in [0.2, 0.25) is 0 Å². The van der Waals surface area contributed by atoms with Crippen molar-refractivity contribution in [2.45, 2.75) is 19.1 Å². The van der Waals surface area contributed by atoms with Crippen molar-refractivity contribution < 1.29 is 18.0 Å². The molecule has 2 aromatic heterocycles. The van der Waals surface area contributed by atoms with Gasteiger partial charge < -0.3 is 10.3 Å². The molecule has 3 aromatic rings. The lowest BCUT2D eigenvalue weighted by molar-refractivity contribution is -0.137. The van der Waals surface area contributed by atoms with Crippen LogP contribution in [0, 0.1) is 6.92 Å². The van der Waals surface area contributed by atoms with Gasteiger partial charge >= 0.3 is 6.18 Å². The summed E-state index contributed by atoms with van der Waals surface area (Å²) >= 11 is 0. The Morgan fingerprint density at radius 2 is 2.08 bits per heavy atom. The lowest BCUT2D eigenvalue weighted by atomic mass is 10.0. The Balaban J connectivity index is 1.97. The van der Waals surface area contributed by atoms with Crippen molar-refractivity contribution in [1.29, 1.82) is 0 Å². The maximum Gasteiger partial charge on any atom is 0.416 e. The molecular formula is C16H14F3N5O. The number of aromatic amines is 2. The molecule has 0 spiro atoms. The van der Waals surface area contributed by atoms with Gasteiger partial charge in [0.05, 0.1) is 11.1 Å². The molecule has 0 unspecified atom stereocenters. The number of nitrogens with zero attached hydrogens (tertiary/aromatic N) is 2. The summed E-state index contributed by atoms with van der Waals surface area (Å²) in [5.74, 6) is -0.196. The third-order valence-corrected chi connectivity index (χ3v) is 3.73. The predicted octanol–water partition coefficient (Wildman–Crippen LogP) is 2.98. The first kappa shape index (κ1) is 16.7. The monoisotopic (exact) mass is 349 g/mol. The second-order valence-electron chi connectivity index (χ2n) is 5.42. The van der Waals surface area contributed by atoms with Gasteiger partial charge in [-0.3, -0.25) is 9.89 Å². The molecule has 0 bridgehead atoms. The zero-order valence-electron chi connectivity index (χ0n) is 13.1. The molecule has 25 heavy (non-hydrogen) atoms. The summed E-state index contributed by atoms with van der Waals surface area (Å²) in [4.78, 5) is 19.3. The summed E-state index contributed by atoms with van der Waals surface area (Å²) in [6, 6.07) is 5.43. The Hall–Kier alpha value is -3.10. The van der Waals surface area contributed by atoms with E-state index in [2.05, 4.69) is 25.5 Å². The highest BCUT2D eigenvalue weighted by Gasteiger charge is 2.32. The quantitative estimate of drug-likeness (QED) is 0.677. The van der Waals surface area contributed by atoms with Crippen LogP contribution in [0.15, 0.2) is 42.9 Å². The fraction of sp³-hybridized carbons (Fsp3) is 0.188. The molecule has 0 fully saturated rings. The molecule has 0 aliphatic rings. The number of benzene rings is 1. The van der Waals surface area contributed by atoms with E-state index >= 15 is 0 Å². The van der Waals surface area contributed by atoms with E-state index in [0.29, 0.717) is 11.3 Å². The minimum Gasteiger partial charge on any atom is -0.365 e. The van der Waals surface area contributed by atoms with E-state index < -0.39 is 23.7 Å². The maximum atomic E-state index is 13.0. The standard InChI is InChI=1S/C16H14F3N5O/c1-9-12(5-6-20-9)15(25)23-13(14-21-8-22-24-14)10-3-2-4-11(7-10)16(17,18)19/h2-8,13,20H,1H3,(H,23,25)(H,21,22,24)/t13-/m1/s1. The Bertz CT molecular complexity index is 870. The third kappa shape index (κ3) is 3.54. The van der Waals surface area contributed by atoms with Gasteiger partial charge in [0.2, 0.25) is 0 Å². The van der Waals surface area contributed by atoms with Crippen LogP contribution in [0.5, 0.6) is 0 Å². The minimum absolute atomic E-state index is 0.237. The number of alkyl halides is 3. The summed E-state index contributed by atoms with van der Waals surface area (Å²) in [6.07, 6.45) is -1.65. The highest BCUT2D eigenvalue weighted by molar-refractivity contribution is 5.95. The number of aryl methyl sites for hydroxylation is 1. The largest absolute Gasteiger partial charge is 0.416 e. The number of carbonyl (C=O) groups is 1. The fourth-order valence-electron chi connectivity index (χ4n) is 2.47. The van der Waals surface area contributed by atoms with Crippen molar-refractivity contribution >= 4 is 5.91 Å². The van der Waals surface area contributed by atoms with Gasteiger partial charge in [0, 0.05) is 11.9 Å². The summed E-state index contributed by atoms with van der Waals surface area (Å²) in [7, 11) is 0. The lowest BCUT2D eigenvalue weighted by Crippen LogP contribution is -2.30. The smallest absolute Gasteiger partial charge is 0.365 e. The number of H-pyrrole nitrogens is 2. The lowest BCUT2D eigenvalue weighted by Gasteiger charge is -2.18. The van der Waals surface area contributed by atoms with Crippen molar-refractivity contribution in [2.24, 2.45) is 0 Å². The molecule has 1 aromatic carbocycles. The molecule has 0 radical (unpaired) electrons. The van der Waals surface area contributed by atoms with E-state index in [4.69, 9.17) is 0 Å². The van der Waals surface area contributed by atoms with Crippen LogP contribution in [-0.4, -0.2) is 26.1 Å². The van der Waals surface area contributed by atoms with E-state index in [1.165, 1.54) is 18.5 Å². The average molecular weight is 349 g/mol. The number of hydrogen-bond acceptors (Lipinski definition) is 3. The predicted molar refractivity (Wildman–Crippen MR) is 82.7 cm³/mol. The van der Waals surface area contributed by atoms with Crippen LogP contribution in [-0.2, 0) is 6.18 Å². The van der Waals surface area contributed by atoms with Gasteiger partial charge in [-0.25, -0.2) is 4.98 Å². The third-order valence-electron chi connectivity index (χ3n) is 3.73. The number of halogens is 3. The molecule has 9 heteroatoms. The zero-order valence-corrected chi connectivity index (χ0v) is 13.1. The molecule has 0 saturated heterocycles. The van der Waals surface area contributed by atoms with E-state index in [0.717, 1.165) is 12.1 Å². The first-order chi connectivity index (χ1) is 11.9. The molecule has 0 aliphatic carbocycles. The fourth-order valence-corrected chi connectivity index (χ4v) is 2.47. The van der Waals surface area contributed by atoms with E-state index in [-0.39, 0.29) is 11.4 Å². The highest BCUT2D eigenvalue weighted by Crippen LogP contribution is 2.31. The average Bonchev–Trinajstić information content (AvgIpc) is 3.23. The molecular weight excluding hydrogens is 335 g/mol. The van der Waals surface area contributed by atoms with Gasteiger partial charge in [0.25, 0.3) is 5.91 Å². The van der Waals surface area contributed by atoms with Crippen LogP contribution in [0.4, 0.5) is 13.2 Å². The number of nitrogens with one attached hydrogen (secondary N) is 3. The Kier molecular flexibility index (Phi) is 4.30. The summed E-state index contributed by atoms with van der Waals surface area (Å²) < 4.78 is 39.0. The summed E-state index contributed by atoms with van der Waals surface area (Å²) in [5.41, 5.74) is 0.490. The summed E-state index contributed by atoms with van der Waals surface area (Å²) in [5, 5.41) is 9.00. The first-order valence-corrected chi connectivity index (χ1v) is 7.33. The van der Waals surface area contributed by atoms with E-state index in [9.17, 15) is 18.0 Å². The Morgan fingerprint density at radius 1 is 1.28 bits per heavy atom. The normalized spacial score (nSPS) is 12.8. The van der Waals surface area contributed by atoms with Crippen LogP contribution in [0.25, 0.3) is 0 Å².